The SMILES string of the molecule is Cc1nc2cccc3c2nc1N(CCO)C/C=C/C[C@H]1CNC(=O)c2cc-3[nH]c21. The van der Waals surface area contributed by atoms with Crippen molar-refractivity contribution in [2.75, 3.05) is 31.1 Å². The van der Waals surface area contributed by atoms with Gasteiger partial charge in [0.05, 0.1) is 23.4 Å². The smallest absolute Gasteiger partial charge is 0.253 e. The van der Waals surface area contributed by atoms with E-state index in [2.05, 4.69) is 27.4 Å². The largest absolute Gasteiger partial charge is 0.395 e. The Morgan fingerprint density at radius 3 is 3.00 bits per heavy atom. The summed E-state index contributed by atoms with van der Waals surface area (Å²) in [5.74, 6) is 0.943. The van der Waals surface area contributed by atoms with Crippen molar-refractivity contribution in [3.05, 3.63) is 53.4 Å². The summed E-state index contributed by atoms with van der Waals surface area (Å²) in [6.45, 7) is 3.75. The number of benzene rings is 1. The number of aromatic nitrogens is 3. The van der Waals surface area contributed by atoms with Crippen LogP contribution in [-0.2, 0) is 0 Å². The Morgan fingerprint density at radius 1 is 1.24 bits per heavy atom. The third-order valence-electron chi connectivity index (χ3n) is 5.73. The lowest BCUT2D eigenvalue weighted by molar-refractivity contribution is 0.0940. The fraction of sp³-hybridized carbons (Fsp3) is 0.318. The van der Waals surface area contributed by atoms with E-state index in [1.807, 2.05) is 31.2 Å². The Labute approximate surface area is 168 Å². The molecular formula is C22H23N5O2. The van der Waals surface area contributed by atoms with Crippen LogP contribution >= 0.6 is 0 Å². The summed E-state index contributed by atoms with van der Waals surface area (Å²) in [6.07, 6.45) is 5.07. The molecule has 0 aliphatic carbocycles. The van der Waals surface area contributed by atoms with Crippen LogP contribution in [0, 0.1) is 6.92 Å². The van der Waals surface area contributed by atoms with Crippen LogP contribution < -0.4 is 10.2 Å². The number of nitrogens with zero attached hydrogens (tertiary/aromatic N) is 3. The van der Waals surface area contributed by atoms with E-state index in [0.717, 1.165) is 45.9 Å². The molecule has 1 aromatic carbocycles. The van der Waals surface area contributed by atoms with Crippen molar-refractivity contribution in [3.8, 4) is 11.3 Å². The molecule has 4 heterocycles. The third kappa shape index (κ3) is 2.98. The van der Waals surface area contributed by atoms with Crippen molar-refractivity contribution in [2.24, 2.45) is 0 Å². The maximum atomic E-state index is 12.4. The summed E-state index contributed by atoms with van der Waals surface area (Å²) in [4.78, 5) is 27.7. The van der Waals surface area contributed by atoms with Crippen LogP contribution in [0.4, 0.5) is 5.82 Å². The number of fused-ring (bicyclic) bond motifs is 3. The summed E-state index contributed by atoms with van der Waals surface area (Å²) < 4.78 is 0. The van der Waals surface area contributed by atoms with Crippen molar-refractivity contribution in [1.29, 1.82) is 0 Å². The number of anilines is 1. The van der Waals surface area contributed by atoms with Gasteiger partial charge in [-0.3, -0.25) is 4.79 Å². The van der Waals surface area contributed by atoms with Gasteiger partial charge < -0.3 is 20.3 Å². The van der Waals surface area contributed by atoms with Crippen LogP contribution in [0.25, 0.3) is 22.3 Å². The summed E-state index contributed by atoms with van der Waals surface area (Å²) in [5.41, 5.74) is 5.93. The number of allylic oxidation sites excluding steroid dienone is 1. The fourth-order valence-electron chi connectivity index (χ4n) is 4.28. The molecule has 0 saturated heterocycles. The van der Waals surface area contributed by atoms with E-state index in [1.165, 1.54) is 0 Å². The van der Waals surface area contributed by atoms with E-state index in [1.54, 1.807) is 0 Å². The lowest BCUT2D eigenvalue weighted by atomic mass is 9.94. The van der Waals surface area contributed by atoms with Crippen LogP contribution in [-0.4, -0.2) is 52.2 Å². The predicted molar refractivity (Wildman–Crippen MR) is 112 cm³/mol. The molecule has 0 saturated carbocycles. The van der Waals surface area contributed by atoms with Gasteiger partial charge in [0, 0.05) is 42.5 Å². The van der Waals surface area contributed by atoms with Crippen LogP contribution in [0.15, 0.2) is 36.4 Å². The van der Waals surface area contributed by atoms with E-state index in [9.17, 15) is 9.90 Å². The van der Waals surface area contributed by atoms with Crippen molar-refractivity contribution < 1.29 is 9.90 Å². The van der Waals surface area contributed by atoms with Crippen molar-refractivity contribution in [1.82, 2.24) is 20.3 Å². The Balaban J connectivity index is 1.77. The van der Waals surface area contributed by atoms with Gasteiger partial charge in [-0.25, -0.2) is 9.97 Å². The fourth-order valence-corrected chi connectivity index (χ4v) is 4.28. The van der Waals surface area contributed by atoms with E-state index >= 15 is 0 Å². The van der Waals surface area contributed by atoms with Gasteiger partial charge in [0.1, 0.15) is 5.52 Å². The number of aromatic amines is 1. The molecular weight excluding hydrogens is 366 g/mol. The Bertz CT molecular complexity index is 1130. The number of aliphatic hydroxyl groups excluding tert-OH is 1. The number of para-hydroxylation sites is 1. The van der Waals surface area contributed by atoms with Crippen molar-refractivity contribution in [2.45, 2.75) is 19.3 Å². The van der Waals surface area contributed by atoms with Gasteiger partial charge in [-0.05, 0) is 25.5 Å². The minimum Gasteiger partial charge on any atom is -0.395 e. The number of aliphatic hydroxyl groups is 1. The second kappa shape index (κ2) is 7.00. The first-order valence-electron chi connectivity index (χ1n) is 9.95. The van der Waals surface area contributed by atoms with E-state index in [0.29, 0.717) is 25.2 Å². The standard InChI is InChI=1S/C22H23N5O2/c1-13-21-26-20-15(6-4-7-17(20)24-13)18-11-16-19(25-18)14(12-23-22(16)29)5-2-3-8-27(21)9-10-28/h2-4,6-7,11,14,25,28H,5,8-10,12H2,1H3,(H,23,29)/b3-2+/t14-/m0/s1. The van der Waals surface area contributed by atoms with E-state index in [-0.39, 0.29) is 18.4 Å². The minimum atomic E-state index is -0.0354. The zero-order valence-corrected chi connectivity index (χ0v) is 16.3. The summed E-state index contributed by atoms with van der Waals surface area (Å²) >= 11 is 0. The third-order valence-corrected chi connectivity index (χ3v) is 5.73. The lowest BCUT2D eigenvalue weighted by Gasteiger charge is -2.24. The monoisotopic (exact) mass is 389 g/mol. The Hall–Kier alpha value is -3.19. The van der Waals surface area contributed by atoms with E-state index in [4.69, 9.17) is 9.97 Å². The molecule has 29 heavy (non-hydrogen) atoms. The summed E-state index contributed by atoms with van der Waals surface area (Å²) in [6, 6.07) is 7.85. The number of H-pyrrole nitrogens is 1. The molecule has 0 fully saturated rings. The van der Waals surface area contributed by atoms with E-state index < -0.39 is 0 Å². The quantitative estimate of drug-likeness (QED) is 0.586. The highest BCUT2D eigenvalue weighted by Gasteiger charge is 2.28. The number of β-amino-alcohol motifs (C(OH)–C–C–N with tert-alkyl or cyclic N) is 1. The molecule has 0 radical (unpaired) electrons. The first-order chi connectivity index (χ1) is 14.2. The highest BCUT2D eigenvalue weighted by Crippen LogP contribution is 2.34. The first kappa shape index (κ1) is 17.9. The maximum absolute atomic E-state index is 12.4. The molecule has 148 valence electrons. The normalized spacial score (nSPS) is 19.4. The molecule has 2 aliphatic rings. The topological polar surface area (TPSA) is 94.1 Å². The van der Waals surface area contributed by atoms with Gasteiger partial charge in [-0.1, -0.05) is 24.3 Å². The molecule has 7 heteroatoms. The van der Waals surface area contributed by atoms with Gasteiger partial charge >= 0.3 is 0 Å². The Morgan fingerprint density at radius 2 is 2.14 bits per heavy atom. The average Bonchev–Trinajstić information content (AvgIpc) is 3.17. The van der Waals surface area contributed by atoms with Gasteiger partial charge in [0.2, 0.25) is 0 Å². The van der Waals surface area contributed by atoms with Gasteiger partial charge in [-0.2, -0.15) is 0 Å². The van der Waals surface area contributed by atoms with Crippen molar-refractivity contribution in [3.63, 3.8) is 0 Å². The molecule has 4 bridgehead atoms. The zero-order chi connectivity index (χ0) is 20.0. The predicted octanol–water partition coefficient (Wildman–Crippen LogP) is 2.52. The van der Waals surface area contributed by atoms with Gasteiger partial charge in [0.15, 0.2) is 5.82 Å². The van der Waals surface area contributed by atoms with Crippen LogP contribution in [0.5, 0.6) is 0 Å². The number of carbonyl (C=O) groups is 1. The highest BCUT2D eigenvalue weighted by atomic mass is 16.3. The van der Waals surface area contributed by atoms with Crippen molar-refractivity contribution >= 4 is 22.8 Å². The number of aryl methyl sites for hydroxylation is 1. The maximum Gasteiger partial charge on any atom is 0.253 e. The number of amides is 1. The average molecular weight is 389 g/mol. The summed E-state index contributed by atoms with van der Waals surface area (Å²) in [5, 5.41) is 12.6. The number of hydrogen-bond donors (Lipinski definition) is 3. The second-order valence-corrected chi connectivity index (χ2v) is 7.60. The van der Waals surface area contributed by atoms with Crippen LogP contribution in [0.1, 0.15) is 34.1 Å². The second-order valence-electron chi connectivity index (χ2n) is 7.60. The number of nitrogens with one attached hydrogen (secondary N) is 2. The number of rotatable bonds is 2. The van der Waals surface area contributed by atoms with Crippen LogP contribution in [0.3, 0.4) is 0 Å². The Kier molecular flexibility index (Phi) is 4.32. The molecule has 1 atom stereocenters. The number of hydrogen-bond acceptors (Lipinski definition) is 5. The number of carbonyl (C=O) groups excluding carboxylic acids is 1. The van der Waals surface area contributed by atoms with Crippen LogP contribution in [0.2, 0.25) is 0 Å². The molecule has 0 spiro atoms. The molecule has 5 rings (SSSR count). The van der Waals surface area contributed by atoms with Gasteiger partial charge in [-0.15, -0.1) is 0 Å². The molecule has 2 aliphatic heterocycles. The molecule has 2 aromatic heterocycles. The zero-order valence-electron chi connectivity index (χ0n) is 16.3. The molecule has 0 unspecified atom stereocenters. The molecule has 1 amide bonds. The summed E-state index contributed by atoms with van der Waals surface area (Å²) in [7, 11) is 0. The van der Waals surface area contributed by atoms with Gasteiger partial charge in [0.25, 0.3) is 5.91 Å². The lowest BCUT2D eigenvalue weighted by Crippen LogP contribution is -2.34. The first-order valence-corrected chi connectivity index (χ1v) is 9.95. The highest BCUT2D eigenvalue weighted by molar-refractivity contribution is 6.00. The molecule has 3 N–H and O–H groups in total. The minimum absolute atomic E-state index is 0.0354. The molecule has 7 nitrogen and oxygen atoms in total. The molecule has 3 aromatic rings.